The third kappa shape index (κ3) is 6.73. The highest BCUT2D eigenvalue weighted by Crippen LogP contribution is 2.17. The maximum absolute atomic E-state index is 10.2. The van der Waals surface area contributed by atoms with E-state index >= 15 is 0 Å². The van der Waals surface area contributed by atoms with Crippen molar-refractivity contribution in [2.24, 2.45) is 0 Å². The predicted molar refractivity (Wildman–Crippen MR) is 107 cm³/mol. The summed E-state index contributed by atoms with van der Waals surface area (Å²) in [6, 6.07) is 8.92. The molecule has 6 nitrogen and oxygen atoms in total. The number of hydrogen-bond donors (Lipinski definition) is 1. The van der Waals surface area contributed by atoms with Crippen LogP contribution >= 0.6 is 0 Å². The highest BCUT2D eigenvalue weighted by Gasteiger charge is 2.19. The third-order valence-electron chi connectivity index (χ3n) is 5.46. The van der Waals surface area contributed by atoms with Crippen molar-refractivity contribution in [2.45, 2.75) is 32.5 Å². The molecule has 2 saturated heterocycles. The third-order valence-corrected chi connectivity index (χ3v) is 5.46. The first kappa shape index (κ1) is 20.6. The van der Waals surface area contributed by atoms with Crippen LogP contribution in [0.4, 0.5) is 0 Å². The smallest absolute Gasteiger partial charge is 0.119 e. The SMILES string of the molecule is CC(C)N1CCN(Cc2cccc(OCC(O)CN3CCOCC3)c2)CC1. The van der Waals surface area contributed by atoms with Gasteiger partial charge in [0.05, 0.1) is 13.2 Å². The van der Waals surface area contributed by atoms with Crippen molar-refractivity contribution in [1.82, 2.24) is 14.7 Å². The van der Waals surface area contributed by atoms with Gasteiger partial charge in [0.25, 0.3) is 0 Å². The number of hydrogen-bond acceptors (Lipinski definition) is 6. The Hall–Kier alpha value is -1.18. The minimum Gasteiger partial charge on any atom is -0.491 e. The number of aliphatic hydroxyl groups excluding tert-OH is 1. The molecule has 0 aliphatic carbocycles. The molecule has 0 radical (unpaired) electrons. The number of nitrogens with zero attached hydrogens (tertiary/aromatic N) is 3. The molecule has 2 aliphatic rings. The molecule has 0 amide bonds. The summed E-state index contributed by atoms with van der Waals surface area (Å²) < 4.78 is 11.2. The van der Waals surface area contributed by atoms with E-state index in [2.05, 4.69) is 40.7 Å². The van der Waals surface area contributed by atoms with Gasteiger partial charge in [-0.25, -0.2) is 0 Å². The lowest BCUT2D eigenvalue weighted by Crippen LogP contribution is -2.48. The number of rotatable bonds is 8. The normalized spacial score (nSPS) is 21.5. The van der Waals surface area contributed by atoms with Gasteiger partial charge in [0, 0.05) is 58.4 Å². The summed E-state index contributed by atoms with van der Waals surface area (Å²) in [6.07, 6.45) is -0.476. The zero-order chi connectivity index (χ0) is 19.1. The van der Waals surface area contributed by atoms with E-state index in [9.17, 15) is 5.11 Å². The first-order valence-electron chi connectivity index (χ1n) is 10.3. The molecular formula is C21H35N3O3. The molecule has 2 fully saturated rings. The molecule has 27 heavy (non-hydrogen) atoms. The molecule has 2 heterocycles. The molecule has 0 aromatic heterocycles. The van der Waals surface area contributed by atoms with Crippen LogP contribution in [0.1, 0.15) is 19.4 Å². The highest BCUT2D eigenvalue weighted by molar-refractivity contribution is 5.28. The predicted octanol–water partition coefficient (Wildman–Crippen LogP) is 1.28. The Bertz CT molecular complexity index is 555. The molecule has 3 rings (SSSR count). The Morgan fingerprint density at radius 1 is 1.04 bits per heavy atom. The summed E-state index contributed by atoms with van der Waals surface area (Å²) >= 11 is 0. The van der Waals surface area contributed by atoms with Crippen molar-refractivity contribution in [3.8, 4) is 5.75 Å². The largest absolute Gasteiger partial charge is 0.491 e. The van der Waals surface area contributed by atoms with Crippen molar-refractivity contribution in [3.63, 3.8) is 0 Å². The topological polar surface area (TPSA) is 48.4 Å². The van der Waals surface area contributed by atoms with Gasteiger partial charge in [-0.1, -0.05) is 12.1 Å². The minimum atomic E-state index is -0.476. The van der Waals surface area contributed by atoms with Gasteiger partial charge in [0.2, 0.25) is 0 Å². The van der Waals surface area contributed by atoms with Gasteiger partial charge in [-0.05, 0) is 31.5 Å². The van der Waals surface area contributed by atoms with Gasteiger partial charge in [0.15, 0.2) is 0 Å². The van der Waals surface area contributed by atoms with Crippen molar-refractivity contribution >= 4 is 0 Å². The molecule has 1 aromatic rings. The first-order chi connectivity index (χ1) is 13.1. The number of benzene rings is 1. The Balaban J connectivity index is 1.42. The van der Waals surface area contributed by atoms with Gasteiger partial charge < -0.3 is 14.6 Å². The van der Waals surface area contributed by atoms with E-state index in [4.69, 9.17) is 9.47 Å². The van der Waals surface area contributed by atoms with E-state index in [1.807, 2.05) is 12.1 Å². The fourth-order valence-corrected chi connectivity index (χ4v) is 3.76. The number of β-amino-alcohol motifs (C(OH)–C–C–N with tert-alkyl or cyclic N) is 1. The standard InChI is InChI=1S/C21H35N3O3/c1-18(2)24-8-6-22(7-9-24)15-19-4-3-5-21(14-19)27-17-20(25)16-23-10-12-26-13-11-23/h3-5,14,18,20,25H,6-13,15-17H2,1-2H3. The average molecular weight is 378 g/mol. The zero-order valence-electron chi connectivity index (χ0n) is 16.8. The van der Waals surface area contributed by atoms with Crippen LogP contribution < -0.4 is 4.74 Å². The maximum atomic E-state index is 10.2. The molecule has 2 aliphatic heterocycles. The molecule has 1 unspecified atom stereocenters. The molecule has 0 saturated carbocycles. The first-order valence-corrected chi connectivity index (χ1v) is 10.3. The second-order valence-corrected chi connectivity index (χ2v) is 7.93. The molecular weight excluding hydrogens is 342 g/mol. The van der Waals surface area contributed by atoms with Crippen LogP contribution in [-0.2, 0) is 11.3 Å². The second kappa shape index (κ2) is 10.4. The number of piperazine rings is 1. The maximum Gasteiger partial charge on any atom is 0.119 e. The van der Waals surface area contributed by atoms with Gasteiger partial charge in [-0.15, -0.1) is 0 Å². The summed E-state index contributed by atoms with van der Waals surface area (Å²) in [5, 5.41) is 10.2. The van der Waals surface area contributed by atoms with Gasteiger partial charge >= 0.3 is 0 Å². The van der Waals surface area contributed by atoms with Gasteiger partial charge in [0.1, 0.15) is 18.5 Å². The Labute approximate surface area is 163 Å². The molecule has 6 heteroatoms. The number of ether oxygens (including phenoxy) is 2. The van der Waals surface area contributed by atoms with Crippen LogP contribution in [-0.4, -0.2) is 97.6 Å². The second-order valence-electron chi connectivity index (χ2n) is 7.93. The molecule has 0 bridgehead atoms. The Morgan fingerprint density at radius 2 is 1.78 bits per heavy atom. The van der Waals surface area contributed by atoms with Gasteiger partial charge in [-0.3, -0.25) is 14.7 Å². The Kier molecular flexibility index (Phi) is 7.91. The van der Waals surface area contributed by atoms with Crippen molar-refractivity contribution in [3.05, 3.63) is 29.8 Å². The minimum absolute atomic E-state index is 0.327. The van der Waals surface area contributed by atoms with Gasteiger partial charge in [-0.2, -0.15) is 0 Å². The quantitative estimate of drug-likeness (QED) is 0.737. The van der Waals surface area contributed by atoms with Crippen molar-refractivity contribution < 1.29 is 14.6 Å². The van der Waals surface area contributed by atoms with E-state index in [0.717, 1.165) is 64.8 Å². The average Bonchev–Trinajstić information content (AvgIpc) is 2.68. The molecule has 1 atom stereocenters. The molecule has 1 N–H and O–H groups in total. The summed E-state index contributed by atoms with van der Waals surface area (Å²) in [5.41, 5.74) is 1.27. The zero-order valence-corrected chi connectivity index (χ0v) is 16.8. The van der Waals surface area contributed by atoms with Crippen LogP contribution in [0.15, 0.2) is 24.3 Å². The van der Waals surface area contributed by atoms with Crippen molar-refractivity contribution in [1.29, 1.82) is 0 Å². The lowest BCUT2D eigenvalue weighted by molar-refractivity contribution is 0.00464. The van der Waals surface area contributed by atoms with Crippen LogP contribution in [0.5, 0.6) is 5.75 Å². The monoisotopic (exact) mass is 377 g/mol. The Morgan fingerprint density at radius 3 is 2.48 bits per heavy atom. The van der Waals surface area contributed by atoms with E-state index in [-0.39, 0.29) is 0 Å². The van der Waals surface area contributed by atoms with Crippen LogP contribution in [0, 0.1) is 0 Å². The van der Waals surface area contributed by atoms with Crippen LogP contribution in [0.2, 0.25) is 0 Å². The highest BCUT2D eigenvalue weighted by atomic mass is 16.5. The van der Waals surface area contributed by atoms with Crippen LogP contribution in [0.25, 0.3) is 0 Å². The number of morpholine rings is 1. The lowest BCUT2D eigenvalue weighted by atomic mass is 10.1. The number of aliphatic hydroxyl groups is 1. The van der Waals surface area contributed by atoms with E-state index in [1.165, 1.54) is 5.56 Å². The fraction of sp³-hybridized carbons (Fsp3) is 0.714. The summed E-state index contributed by atoms with van der Waals surface area (Å²) in [6.45, 7) is 14.2. The molecule has 0 spiro atoms. The van der Waals surface area contributed by atoms with Crippen LogP contribution in [0.3, 0.4) is 0 Å². The lowest BCUT2D eigenvalue weighted by Gasteiger charge is -2.37. The summed E-state index contributed by atoms with van der Waals surface area (Å²) in [7, 11) is 0. The fourth-order valence-electron chi connectivity index (χ4n) is 3.76. The van der Waals surface area contributed by atoms with Crippen molar-refractivity contribution in [2.75, 3.05) is 65.6 Å². The molecule has 152 valence electrons. The van der Waals surface area contributed by atoms with E-state index < -0.39 is 6.10 Å². The summed E-state index contributed by atoms with van der Waals surface area (Å²) in [4.78, 5) is 7.27. The van der Waals surface area contributed by atoms with E-state index in [0.29, 0.717) is 19.2 Å². The van der Waals surface area contributed by atoms with E-state index in [1.54, 1.807) is 0 Å². The molecule has 1 aromatic carbocycles. The summed E-state index contributed by atoms with van der Waals surface area (Å²) in [5.74, 6) is 0.842.